The van der Waals surface area contributed by atoms with Crippen LogP contribution < -0.4 is 10.6 Å². The molecule has 0 aromatic carbocycles. The molecule has 2 aromatic heterocycles. The molecule has 2 N–H and O–H groups in total. The summed E-state index contributed by atoms with van der Waals surface area (Å²) in [6.07, 6.45) is 10.7. The van der Waals surface area contributed by atoms with Gasteiger partial charge >= 0.3 is 0 Å². The van der Waals surface area contributed by atoms with E-state index in [0.717, 1.165) is 85.0 Å². The highest BCUT2D eigenvalue weighted by Gasteiger charge is 2.33. The van der Waals surface area contributed by atoms with Crippen molar-refractivity contribution in [1.29, 1.82) is 0 Å². The van der Waals surface area contributed by atoms with E-state index in [1.54, 1.807) is 0 Å². The number of fused-ring (bicyclic) bond motifs is 2. The molecule has 1 amide bonds. The third-order valence-corrected chi connectivity index (χ3v) is 7.93. The van der Waals surface area contributed by atoms with E-state index in [1.807, 2.05) is 34.7 Å². The van der Waals surface area contributed by atoms with Crippen LogP contribution in [0.1, 0.15) is 63.3 Å². The Bertz CT molecular complexity index is 1340. The first-order chi connectivity index (χ1) is 16.9. The lowest BCUT2D eigenvalue weighted by molar-refractivity contribution is -0.131. The Morgan fingerprint density at radius 3 is 2.77 bits per heavy atom. The fourth-order valence-corrected chi connectivity index (χ4v) is 5.83. The summed E-state index contributed by atoms with van der Waals surface area (Å²) in [6, 6.07) is 2.22. The van der Waals surface area contributed by atoms with Gasteiger partial charge in [0.15, 0.2) is 5.65 Å². The van der Waals surface area contributed by atoms with Crippen LogP contribution in [0.4, 0.5) is 5.82 Å². The number of carbonyl (C=O) groups excluding carboxylic acids is 1. The molecule has 8 nitrogen and oxygen atoms in total. The zero-order valence-electron chi connectivity index (χ0n) is 20.8. The summed E-state index contributed by atoms with van der Waals surface area (Å²) in [5.74, 6) is 1.10. The molecule has 0 bridgehead atoms. The van der Waals surface area contributed by atoms with Gasteiger partial charge in [-0.25, -0.2) is 9.50 Å². The Balaban J connectivity index is 1.29. The summed E-state index contributed by atoms with van der Waals surface area (Å²) in [4.78, 5) is 27.6. The van der Waals surface area contributed by atoms with Crippen molar-refractivity contribution in [3.05, 3.63) is 58.1 Å². The highest BCUT2D eigenvalue weighted by atomic mass is 16.2. The normalized spacial score (nSPS) is 24.6. The number of nitrogens with two attached hydrogens (primary N) is 1. The molecule has 0 spiro atoms. The van der Waals surface area contributed by atoms with E-state index in [4.69, 9.17) is 15.8 Å². The summed E-state index contributed by atoms with van der Waals surface area (Å²) in [5.41, 5.74) is 14.2. The van der Waals surface area contributed by atoms with Gasteiger partial charge < -0.3 is 15.5 Å². The van der Waals surface area contributed by atoms with Gasteiger partial charge in [-0.1, -0.05) is 6.08 Å². The second kappa shape index (κ2) is 8.45. The SMILES string of the molecule is CC1=NC2=CC=C(C(=O)N3CCCC[C@H]3c3cc4nc(N5CC[C@H](N)C5)c(C)cn4n3)CC2=C1C. The van der Waals surface area contributed by atoms with Crippen molar-refractivity contribution in [3.63, 3.8) is 0 Å². The molecule has 0 unspecified atom stereocenters. The van der Waals surface area contributed by atoms with Crippen LogP contribution >= 0.6 is 0 Å². The van der Waals surface area contributed by atoms with Crippen molar-refractivity contribution in [2.75, 3.05) is 24.5 Å². The van der Waals surface area contributed by atoms with Gasteiger partial charge in [-0.05, 0) is 63.7 Å². The number of aryl methyl sites for hydroxylation is 1. The third kappa shape index (κ3) is 3.80. The predicted molar refractivity (Wildman–Crippen MR) is 137 cm³/mol. The first-order valence-corrected chi connectivity index (χ1v) is 12.7. The number of likely N-dealkylation sites (tertiary alicyclic amines) is 1. The highest BCUT2D eigenvalue weighted by molar-refractivity contribution is 6.04. The van der Waals surface area contributed by atoms with E-state index in [9.17, 15) is 4.79 Å². The van der Waals surface area contributed by atoms with Crippen molar-refractivity contribution < 1.29 is 4.79 Å². The molecule has 3 aliphatic heterocycles. The van der Waals surface area contributed by atoms with Crippen LogP contribution in [-0.2, 0) is 4.79 Å². The van der Waals surface area contributed by atoms with Crippen LogP contribution in [0, 0.1) is 6.92 Å². The Labute approximate surface area is 205 Å². The van der Waals surface area contributed by atoms with Crippen molar-refractivity contribution in [2.24, 2.45) is 10.7 Å². The van der Waals surface area contributed by atoms with Crippen molar-refractivity contribution in [2.45, 2.75) is 65.0 Å². The molecule has 35 heavy (non-hydrogen) atoms. The number of amides is 1. The molecule has 2 aromatic rings. The van der Waals surface area contributed by atoms with Crippen LogP contribution in [0.2, 0.25) is 0 Å². The molecule has 6 rings (SSSR count). The van der Waals surface area contributed by atoms with Crippen LogP contribution in [0.3, 0.4) is 0 Å². The van der Waals surface area contributed by atoms with E-state index >= 15 is 0 Å². The fourth-order valence-electron chi connectivity index (χ4n) is 5.83. The van der Waals surface area contributed by atoms with Gasteiger partial charge in [0.2, 0.25) is 0 Å². The minimum absolute atomic E-state index is 0.0372. The molecule has 0 saturated carbocycles. The molecule has 2 atom stereocenters. The van der Waals surface area contributed by atoms with Crippen molar-refractivity contribution in [3.8, 4) is 0 Å². The zero-order chi connectivity index (χ0) is 24.3. The second-order valence-electron chi connectivity index (χ2n) is 10.3. The van der Waals surface area contributed by atoms with Gasteiger partial charge in [0.1, 0.15) is 5.82 Å². The molecule has 0 radical (unpaired) electrons. The monoisotopic (exact) mass is 471 g/mol. The van der Waals surface area contributed by atoms with Gasteiger partial charge in [-0.2, -0.15) is 5.10 Å². The quantitative estimate of drug-likeness (QED) is 0.738. The Hall–Kier alpha value is -3.26. The third-order valence-electron chi connectivity index (χ3n) is 7.93. The smallest absolute Gasteiger partial charge is 0.250 e. The van der Waals surface area contributed by atoms with Crippen LogP contribution in [0.5, 0.6) is 0 Å². The van der Waals surface area contributed by atoms with Crippen LogP contribution in [0.15, 0.2) is 51.8 Å². The fraction of sp³-hybridized carbons (Fsp3) is 0.481. The zero-order valence-corrected chi connectivity index (χ0v) is 20.8. The minimum atomic E-state index is -0.0372. The first kappa shape index (κ1) is 22.2. The van der Waals surface area contributed by atoms with Gasteiger partial charge in [-0.15, -0.1) is 0 Å². The number of aromatic nitrogens is 3. The van der Waals surface area contributed by atoms with Gasteiger partial charge in [0.05, 0.1) is 17.4 Å². The second-order valence-corrected chi connectivity index (χ2v) is 10.3. The van der Waals surface area contributed by atoms with Gasteiger partial charge in [-0.3, -0.25) is 9.79 Å². The molecular formula is C27H33N7O. The van der Waals surface area contributed by atoms with Gasteiger partial charge in [0, 0.05) is 61.2 Å². The lowest BCUT2D eigenvalue weighted by Gasteiger charge is -2.35. The summed E-state index contributed by atoms with van der Waals surface area (Å²) in [7, 11) is 0. The first-order valence-electron chi connectivity index (χ1n) is 12.7. The number of allylic oxidation sites excluding steroid dienone is 4. The standard InChI is InChI=1S/C27H33N7O/c1-16-14-34-25(30-26(16)32-11-9-20(28)15-32)13-23(31-34)24-6-4-5-10-33(24)27(35)19-7-8-22-21(12-19)17(2)18(3)29-22/h7-8,13-14,20,24H,4-6,9-12,15,28H2,1-3H3/t20-,24-/m0/s1. The Kier molecular flexibility index (Phi) is 5.36. The maximum Gasteiger partial charge on any atom is 0.250 e. The summed E-state index contributed by atoms with van der Waals surface area (Å²) < 4.78 is 1.86. The average Bonchev–Trinajstić information content (AvgIpc) is 3.55. The van der Waals surface area contributed by atoms with Crippen molar-refractivity contribution in [1.82, 2.24) is 19.5 Å². The van der Waals surface area contributed by atoms with E-state index < -0.39 is 0 Å². The highest BCUT2D eigenvalue weighted by Crippen LogP contribution is 2.37. The average molecular weight is 472 g/mol. The Morgan fingerprint density at radius 2 is 1.97 bits per heavy atom. The molecule has 2 saturated heterocycles. The topological polar surface area (TPSA) is 92.1 Å². The minimum Gasteiger partial charge on any atom is -0.355 e. The number of nitrogens with zero attached hydrogens (tertiary/aromatic N) is 6. The summed E-state index contributed by atoms with van der Waals surface area (Å²) in [6.45, 7) is 8.73. The molecule has 2 fully saturated rings. The number of piperidine rings is 1. The van der Waals surface area contributed by atoms with E-state index in [1.165, 1.54) is 11.1 Å². The molecule has 4 aliphatic rings. The lowest BCUT2D eigenvalue weighted by Crippen LogP contribution is -2.39. The van der Waals surface area contributed by atoms with Gasteiger partial charge in [0.25, 0.3) is 5.91 Å². The molecule has 1 aliphatic carbocycles. The van der Waals surface area contributed by atoms with Crippen molar-refractivity contribution >= 4 is 23.1 Å². The lowest BCUT2D eigenvalue weighted by atomic mass is 9.91. The van der Waals surface area contributed by atoms with E-state index in [2.05, 4.69) is 29.8 Å². The number of anilines is 1. The van der Waals surface area contributed by atoms with E-state index in [-0.39, 0.29) is 18.0 Å². The molecule has 8 heteroatoms. The largest absolute Gasteiger partial charge is 0.355 e. The molecular weight excluding hydrogens is 438 g/mol. The van der Waals surface area contributed by atoms with Crippen LogP contribution in [-0.4, -0.2) is 56.8 Å². The number of hydrogen-bond donors (Lipinski definition) is 1. The Morgan fingerprint density at radius 1 is 1.11 bits per heavy atom. The number of aliphatic imine (C=N–C) groups is 1. The number of hydrogen-bond acceptors (Lipinski definition) is 6. The number of rotatable bonds is 3. The summed E-state index contributed by atoms with van der Waals surface area (Å²) >= 11 is 0. The maximum atomic E-state index is 13.7. The van der Waals surface area contributed by atoms with Crippen LogP contribution in [0.25, 0.3) is 5.65 Å². The predicted octanol–water partition coefficient (Wildman–Crippen LogP) is 3.63. The maximum absolute atomic E-state index is 13.7. The molecule has 5 heterocycles. The summed E-state index contributed by atoms with van der Waals surface area (Å²) in [5, 5.41) is 4.89. The number of carbonyl (C=O) groups is 1. The van der Waals surface area contributed by atoms with E-state index in [0.29, 0.717) is 6.42 Å². The molecule has 182 valence electrons.